The fourth-order valence-electron chi connectivity index (χ4n) is 1.95. The van der Waals surface area contributed by atoms with Gasteiger partial charge in [-0.25, -0.2) is 0 Å². The first-order valence-corrected chi connectivity index (χ1v) is 9.46. The summed E-state index contributed by atoms with van der Waals surface area (Å²) in [5.41, 5.74) is 0.704. The summed E-state index contributed by atoms with van der Waals surface area (Å²) in [6.07, 6.45) is 0. The van der Waals surface area contributed by atoms with Crippen LogP contribution in [-0.4, -0.2) is 26.8 Å². The Bertz CT molecular complexity index is 929. The highest BCUT2D eigenvalue weighted by atomic mass is 35.5. The molecule has 0 spiro atoms. The number of amides is 1. The minimum Gasteiger partial charge on any atom is -0.300 e. The van der Waals surface area contributed by atoms with Crippen LogP contribution in [0.1, 0.15) is 0 Å². The number of anilines is 1. The Balaban J connectivity index is 1.58. The summed E-state index contributed by atoms with van der Waals surface area (Å²) in [7, 11) is 0. The molecular weight excluding hydrogens is 396 g/mol. The molecule has 0 aliphatic heterocycles. The average Bonchev–Trinajstić information content (AvgIpc) is 3.10. The standard InChI is InChI=1S/C16H11ClN4O3S2/c17-11-3-7-13(8-4-11)25-9-14(22)18-16-20-19-15(26-16)10-1-5-12(6-2-10)21(23)24/h1-8H,9H2,(H,18,20,22). The zero-order chi connectivity index (χ0) is 18.5. The number of hydrogen-bond acceptors (Lipinski definition) is 7. The number of nitro benzene ring substituents is 1. The highest BCUT2D eigenvalue weighted by Crippen LogP contribution is 2.28. The molecule has 0 saturated heterocycles. The molecule has 0 bridgehead atoms. The average molecular weight is 407 g/mol. The number of benzene rings is 2. The van der Waals surface area contributed by atoms with E-state index in [2.05, 4.69) is 15.5 Å². The second kappa shape index (κ2) is 8.26. The topological polar surface area (TPSA) is 98.0 Å². The molecule has 7 nitrogen and oxygen atoms in total. The lowest BCUT2D eigenvalue weighted by molar-refractivity contribution is -0.384. The minimum absolute atomic E-state index is 0.00557. The number of carbonyl (C=O) groups is 1. The Morgan fingerprint density at radius 2 is 1.85 bits per heavy atom. The van der Waals surface area contributed by atoms with E-state index in [0.717, 1.165) is 4.90 Å². The molecule has 0 aliphatic rings. The number of rotatable bonds is 6. The molecule has 0 aliphatic carbocycles. The van der Waals surface area contributed by atoms with Crippen LogP contribution in [0.4, 0.5) is 10.8 Å². The molecule has 0 unspecified atom stereocenters. The maximum atomic E-state index is 12.0. The predicted octanol–water partition coefficient (Wildman–Crippen LogP) is 4.50. The second-order valence-corrected chi connectivity index (χ2v) is 7.47. The molecule has 0 fully saturated rings. The van der Waals surface area contributed by atoms with Gasteiger partial charge in [0, 0.05) is 27.6 Å². The van der Waals surface area contributed by atoms with Gasteiger partial charge in [-0.2, -0.15) is 0 Å². The number of hydrogen-bond donors (Lipinski definition) is 1. The van der Waals surface area contributed by atoms with E-state index in [1.54, 1.807) is 24.3 Å². The maximum Gasteiger partial charge on any atom is 0.269 e. The van der Waals surface area contributed by atoms with Crippen molar-refractivity contribution in [1.82, 2.24) is 10.2 Å². The van der Waals surface area contributed by atoms with Gasteiger partial charge in [0.15, 0.2) is 0 Å². The van der Waals surface area contributed by atoms with Gasteiger partial charge >= 0.3 is 0 Å². The molecule has 1 N–H and O–H groups in total. The zero-order valence-electron chi connectivity index (χ0n) is 13.1. The Labute approximate surface area is 161 Å². The van der Waals surface area contributed by atoms with Crippen LogP contribution in [0.2, 0.25) is 5.02 Å². The lowest BCUT2D eigenvalue weighted by Gasteiger charge is -2.01. The summed E-state index contributed by atoms with van der Waals surface area (Å²) in [6.45, 7) is 0. The summed E-state index contributed by atoms with van der Waals surface area (Å²) in [6, 6.07) is 13.2. The number of aromatic nitrogens is 2. The summed E-state index contributed by atoms with van der Waals surface area (Å²) < 4.78 is 0. The van der Waals surface area contributed by atoms with Gasteiger partial charge in [0.1, 0.15) is 5.01 Å². The molecule has 1 amide bonds. The van der Waals surface area contributed by atoms with Gasteiger partial charge in [-0.3, -0.25) is 20.2 Å². The summed E-state index contributed by atoms with van der Waals surface area (Å²) in [4.78, 5) is 23.2. The number of halogens is 1. The maximum absolute atomic E-state index is 12.0. The van der Waals surface area contributed by atoms with Crippen molar-refractivity contribution >= 4 is 51.4 Å². The van der Waals surface area contributed by atoms with Crippen LogP contribution >= 0.6 is 34.7 Å². The normalized spacial score (nSPS) is 10.5. The molecule has 132 valence electrons. The minimum atomic E-state index is -0.464. The van der Waals surface area contributed by atoms with Crippen molar-refractivity contribution in [3.8, 4) is 10.6 Å². The monoisotopic (exact) mass is 406 g/mol. The smallest absolute Gasteiger partial charge is 0.269 e. The van der Waals surface area contributed by atoms with Gasteiger partial charge in [0.05, 0.1) is 10.7 Å². The van der Waals surface area contributed by atoms with Crippen LogP contribution in [0, 0.1) is 10.1 Å². The third kappa shape index (κ3) is 4.78. The first-order valence-electron chi connectivity index (χ1n) is 7.28. The van der Waals surface area contributed by atoms with E-state index < -0.39 is 4.92 Å². The lowest BCUT2D eigenvalue weighted by Crippen LogP contribution is -2.13. The van der Waals surface area contributed by atoms with Gasteiger partial charge in [-0.15, -0.1) is 22.0 Å². The van der Waals surface area contributed by atoms with Gasteiger partial charge in [-0.05, 0) is 36.4 Å². The van der Waals surface area contributed by atoms with E-state index >= 15 is 0 Å². The van der Waals surface area contributed by atoms with Crippen LogP contribution in [0.3, 0.4) is 0 Å². The Hall–Kier alpha value is -2.49. The number of carbonyl (C=O) groups excluding carboxylic acids is 1. The Morgan fingerprint density at radius 1 is 1.15 bits per heavy atom. The summed E-state index contributed by atoms with van der Waals surface area (Å²) >= 11 is 8.41. The fourth-order valence-corrected chi connectivity index (χ4v) is 3.54. The van der Waals surface area contributed by atoms with Gasteiger partial charge in [0.2, 0.25) is 11.0 Å². The zero-order valence-corrected chi connectivity index (χ0v) is 15.5. The lowest BCUT2D eigenvalue weighted by atomic mass is 10.2. The van der Waals surface area contributed by atoms with Crippen LogP contribution in [0.15, 0.2) is 53.4 Å². The SMILES string of the molecule is O=C(CSc1ccc(Cl)cc1)Nc1nnc(-c2ccc([N+](=O)[O-])cc2)s1. The number of non-ortho nitro benzene ring substituents is 1. The van der Waals surface area contributed by atoms with Crippen molar-refractivity contribution < 1.29 is 9.72 Å². The van der Waals surface area contributed by atoms with Crippen molar-refractivity contribution in [2.75, 3.05) is 11.1 Å². The predicted molar refractivity (Wildman–Crippen MR) is 103 cm³/mol. The first kappa shape index (κ1) is 18.3. The molecule has 2 aromatic carbocycles. The molecule has 10 heteroatoms. The first-order chi connectivity index (χ1) is 12.5. The van der Waals surface area contributed by atoms with Crippen molar-refractivity contribution in [2.24, 2.45) is 0 Å². The largest absolute Gasteiger partial charge is 0.300 e. The van der Waals surface area contributed by atoms with Crippen LogP contribution in [0.25, 0.3) is 10.6 Å². The Morgan fingerprint density at radius 3 is 2.50 bits per heavy atom. The van der Waals surface area contributed by atoms with Crippen molar-refractivity contribution in [3.05, 3.63) is 63.7 Å². The van der Waals surface area contributed by atoms with E-state index in [4.69, 9.17) is 11.6 Å². The molecule has 3 aromatic rings. The third-order valence-electron chi connectivity index (χ3n) is 3.18. The van der Waals surface area contributed by atoms with Crippen LogP contribution < -0.4 is 5.32 Å². The molecule has 0 atom stereocenters. The molecule has 3 rings (SSSR count). The van der Waals surface area contributed by atoms with Crippen molar-refractivity contribution in [3.63, 3.8) is 0 Å². The number of nitrogens with zero attached hydrogens (tertiary/aromatic N) is 3. The van der Waals surface area contributed by atoms with Crippen LogP contribution in [0.5, 0.6) is 0 Å². The second-order valence-electron chi connectivity index (χ2n) is 5.01. The van der Waals surface area contributed by atoms with E-state index in [1.165, 1.54) is 35.2 Å². The van der Waals surface area contributed by atoms with Gasteiger partial charge in [-0.1, -0.05) is 22.9 Å². The number of nitro groups is 1. The molecule has 1 aromatic heterocycles. The van der Waals surface area contributed by atoms with Crippen LogP contribution in [-0.2, 0) is 4.79 Å². The quantitative estimate of drug-likeness (QED) is 0.367. The molecule has 0 saturated carbocycles. The highest BCUT2D eigenvalue weighted by Gasteiger charge is 2.12. The van der Waals surface area contributed by atoms with Crippen molar-refractivity contribution in [2.45, 2.75) is 4.90 Å². The van der Waals surface area contributed by atoms with Crippen molar-refractivity contribution in [1.29, 1.82) is 0 Å². The fraction of sp³-hybridized carbons (Fsp3) is 0.0625. The molecule has 0 radical (unpaired) electrons. The summed E-state index contributed by atoms with van der Waals surface area (Å²) in [5.74, 6) is 0.0324. The van der Waals surface area contributed by atoms with Gasteiger partial charge in [0.25, 0.3) is 5.69 Å². The third-order valence-corrected chi connectivity index (χ3v) is 5.33. The van der Waals surface area contributed by atoms with E-state index in [1.807, 2.05) is 12.1 Å². The summed E-state index contributed by atoms with van der Waals surface area (Å²) in [5, 5.41) is 22.9. The van der Waals surface area contributed by atoms with E-state index in [0.29, 0.717) is 20.7 Å². The number of thioether (sulfide) groups is 1. The Kier molecular flexibility index (Phi) is 5.82. The van der Waals surface area contributed by atoms with Gasteiger partial charge < -0.3 is 0 Å². The molecule has 1 heterocycles. The highest BCUT2D eigenvalue weighted by molar-refractivity contribution is 8.00. The van der Waals surface area contributed by atoms with E-state index in [9.17, 15) is 14.9 Å². The number of nitrogens with one attached hydrogen (secondary N) is 1. The van der Waals surface area contributed by atoms with E-state index in [-0.39, 0.29) is 17.3 Å². The molecular formula is C16H11ClN4O3S2. The molecule has 26 heavy (non-hydrogen) atoms.